The van der Waals surface area contributed by atoms with E-state index in [0.29, 0.717) is 0 Å². The van der Waals surface area contributed by atoms with Crippen molar-refractivity contribution in [1.82, 2.24) is 5.32 Å². The minimum Gasteiger partial charge on any atom is -0.381 e. The number of hydrogen-bond acceptors (Lipinski definition) is 2. The van der Waals surface area contributed by atoms with Crippen molar-refractivity contribution in [2.75, 3.05) is 19.8 Å². The van der Waals surface area contributed by atoms with E-state index < -0.39 is 0 Å². The third kappa shape index (κ3) is 4.24. The lowest BCUT2D eigenvalue weighted by atomic mass is 9.83. The molecule has 0 aliphatic heterocycles. The Balaban J connectivity index is 1.21. The van der Waals surface area contributed by atoms with Gasteiger partial charge in [0.1, 0.15) is 0 Å². The average molecular weight is 251 g/mol. The molecular weight excluding hydrogens is 222 g/mol. The Morgan fingerprint density at radius 1 is 0.944 bits per heavy atom. The highest BCUT2D eigenvalue weighted by Gasteiger charge is 2.34. The van der Waals surface area contributed by atoms with Crippen LogP contribution >= 0.6 is 0 Å². The molecule has 3 rings (SSSR count). The molecule has 18 heavy (non-hydrogen) atoms. The lowest BCUT2D eigenvalue weighted by Gasteiger charge is -2.30. The number of hydrogen-bond donors (Lipinski definition) is 1. The SMILES string of the molecule is C(CNC1CCCC(C2CC2)C1)COCC1CC1. The Morgan fingerprint density at radius 2 is 1.83 bits per heavy atom. The van der Waals surface area contributed by atoms with Crippen molar-refractivity contribution < 1.29 is 4.74 Å². The molecule has 0 radical (unpaired) electrons. The summed E-state index contributed by atoms with van der Waals surface area (Å²) in [6.45, 7) is 3.14. The molecule has 3 aliphatic rings. The van der Waals surface area contributed by atoms with Crippen molar-refractivity contribution in [2.24, 2.45) is 17.8 Å². The Morgan fingerprint density at radius 3 is 2.61 bits per heavy atom. The fourth-order valence-corrected chi connectivity index (χ4v) is 3.42. The van der Waals surface area contributed by atoms with Gasteiger partial charge >= 0.3 is 0 Å². The lowest BCUT2D eigenvalue weighted by Crippen LogP contribution is -2.35. The van der Waals surface area contributed by atoms with Crippen LogP contribution in [0, 0.1) is 17.8 Å². The van der Waals surface area contributed by atoms with E-state index in [1.54, 1.807) is 0 Å². The van der Waals surface area contributed by atoms with E-state index in [9.17, 15) is 0 Å². The van der Waals surface area contributed by atoms with Gasteiger partial charge in [-0.2, -0.15) is 0 Å². The normalized spacial score (nSPS) is 32.7. The first-order valence-corrected chi connectivity index (χ1v) is 8.23. The third-order valence-corrected chi connectivity index (χ3v) is 4.95. The smallest absolute Gasteiger partial charge is 0.0494 e. The van der Waals surface area contributed by atoms with E-state index >= 15 is 0 Å². The summed E-state index contributed by atoms with van der Waals surface area (Å²) < 4.78 is 5.68. The molecule has 0 aromatic carbocycles. The van der Waals surface area contributed by atoms with Gasteiger partial charge in [0.15, 0.2) is 0 Å². The van der Waals surface area contributed by atoms with Gasteiger partial charge in [0.25, 0.3) is 0 Å². The van der Waals surface area contributed by atoms with Crippen LogP contribution in [-0.4, -0.2) is 25.8 Å². The second-order valence-corrected chi connectivity index (χ2v) is 6.79. The number of nitrogens with one attached hydrogen (secondary N) is 1. The molecule has 0 bridgehead atoms. The summed E-state index contributed by atoms with van der Waals surface area (Å²) in [5.74, 6) is 3.08. The third-order valence-electron chi connectivity index (χ3n) is 4.95. The van der Waals surface area contributed by atoms with Crippen LogP contribution in [0.5, 0.6) is 0 Å². The minimum absolute atomic E-state index is 0.813. The summed E-state index contributed by atoms with van der Waals surface area (Å²) in [6, 6.07) is 0.813. The van der Waals surface area contributed by atoms with Crippen LogP contribution in [0.4, 0.5) is 0 Å². The second-order valence-electron chi connectivity index (χ2n) is 6.79. The van der Waals surface area contributed by atoms with E-state index in [0.717, 1.165) is 43.6 Å². The van der Waals surface area contributed by atoms with Gasteiger partial charge in [0.2, 0.25) is 0 Å². The highest BCUT2D eigenvalue weighted by atomic mass is 16.5. The standard InChI is InChI=1S/C16H29NO/c1-3-15(14-7-8-14)11-16(4-1)17-9-2-10-18-12-13-5-6-13/h13-17H,1-12H2. The summed E-state index contributed by atoms with van der Waals surface area (Å²) in [5, 5.41) is 3.76. The lowest BCUT2D eigenvalue weighted by molar-refractivity contribution is 0.120. The van der Waals surface area contributed by atoms with Crippen LogP contribution in [0.2, 0.25) is 0 Å². The molecule has 2 atom stereocenters. The van der Waals surface area contributed by atoms with E-state index in [-0.39, 0.29) is 0 Å². The minimum atomic E-state index is 0.813. The van der Waals surface area contributed by atoms with Crippen LogP contribution in [0.1, 0.15) is 57.8 Å². The molecule has 0 aromatic heterocycles. The van der Waals surface area contributed by atoms with Gasteiger partial charge in [0, 0.05) is 19.3 Å². The summed E-state index contributed by atoms with van der Waals surface area (Å²) in [4.78, 5) is 0. The van der Waals surface area contributed by atoms with Crippen LogP contribution in [0.25, 0.3) is 0 Å². The summed E-state index contributed by atoms with van der Waals surface area (Å²) in [7, 11) is 0. The van der Waals surface area contributed by atoms with Gasteiger partial charge in [-0.05, 0) is 69.2 Å². The van der Waals surface area contributed by atoms with Crippen molar-refractivity contribution in [3.63, 3.8) is 0 Å². The molecule has 0 spiro atoms. The van der Waals surface area contributed by atoms with Crippen molar-refractivity contribution in [3.8, 4) is 0 Å². The monoisotopic (exact) mass is 251 g/mol. The number of ether oxygens (including phenoxy) is 1. The van der Waals surface area contributed by atoms with Gasteiger partial charge in [0.05, 0.1) is 0 Å². The molecule has 0 saturated heterocycles. The van der Waals surface area contributed by atoms with E-state index in [1.807, 2.05) is 0 Å². The van der Waals surface area contributed by atoms with Crippen LogP contribution in [0.3, 0.4) is 0 Å². The summed E-state index contributed by atoms with van der Waals surface area (Å²) in [5.41, 5.74) is 0. The zero-order chi connectivity index (χ0) is 12.2. The maximum absolute atomic E-state index is 5.68. The van der Waals surface area contributed by atoms with Gasteiger partial charge < -0.3 is 10.1 Å². The fourth-order valence-electron chi connectivity index (χ4n) is 3.42. The highest BCUT2D eigenvalue weighted by Crippen LogP contribution is 2.43. The fraction of sp³-hybridized carbons (Fsp3) is 1.00. The molecule has 104 valence electrons. The van der Waals surface area contributed by atoms with Gasteiger partial charge in [-0.3, -0.25) is 0 Å². The largest absolute Gasteiger partial charge is 0.381 e. The van der Waals surface area contributed by atoms with E-state index in [1.165, 1.54) is 57.8 Å². The van der Waals surface area contributed by atoms with Crippen molar-refractivity contribution in [3.05, 3.63) is 0 Å². The molecule has 1 N–H and O–H groups in total. The van der Waals surface area contributed by atoms with E-state index in [2.05, 4.69) is 5.32 Å². The van der Waals surface area contributed by atoms with E-state index in [4.69, 9.17) is 4.74 Å². The predicted molar refractivity (Wildman–Crippen MR) is 74.6 cm³/mol. The number of rotatable bonds is 8. The van der Waals surface area contributed by atoms with Gasteiger partial charge in [-0.1, -0.05) is 12.8 Å². The molecule has 0 heterocycles. The molecular formula is C16H29NO. The zero-order valence-electron chi connectivity index (χ0n) is 11.7. The first-order valence-electron chi connectivity index (χ1n) is 8.23. The molecule has 3 fully saturated rings. The maximum atomic E-state index is 5.68. The van der Waals surface area contributed by atoms with Crippen molar-refractivity contribution >= 4 is 0 Å². The Labute approximate surface area is 112 Å². The molecule has 0 amide bonds. The maximum Gasteiger partial charge on any atom is 0.0494 e. The molecule has 2 unspecified atom stereocenters. The first kappa shape index (κ1) is 12.9. The molecule has 2 heteroatoms. The Kier molecular flexibility index (Phi) is 4.58. The topological polar surface area (TPSA) is 21.3 Å². The van der Waals surface area contributed by atoms with Crippen LogP contribution < -0.4 is 5.32 Å². The highest BCUT2D eigenvalue weighted by molar-refractivity contribution is 4.87. The Bertz CT molecular complexity index is 247. The van der Waals surface area contributed by atoms with Crippen molar-refractivity contribution in [2.45, 2.75) is 63.8 Å². The van der Waals surface area contributed by atoms with Crippen molar-refractivity contribution in [1.29, 1.82) is 0 Å². The molecule has 2 nitrogen and oxygen atoms in total. The molecule has 3 saturated carbocycles. The molecule has 3 aliphatic carbocycles. The Hall–Kier alpha value is -0.0800. The quantitative estimate of drug-likeness (QED) is 0.668. The van der Waals surface area contributed by atoms with Crippen LogP contribution in [0.15, 0.2) is 0 Å². The van der Waals surface area contributed by atoms with Gasteiger partial charge in [-0.15, -0.1) is 0 Å². The summed E-state index contributed by atoms with van der Waals surface area (Å²) in [6.07, 6.45) is 12.9. The second kappa shape index (κ2) is 6.38. The average Bonchev–Trinajstić information content (AvgIpc) is 3.28. The summed E-state index contributed by atoms with van der Waals surface area (Å²) >= 11 is 0. The zero-order valence-corrected chi connectivity index (χ0v) is 11.7. The first-order chi connectivity index (χ1) is 8.92. The predicted octanol–water partition coefficient (Wildman–Crippen LogP) is 3.36. The van der Waals surface area contributed by atoms with Gasteiger partial charge in [-0.25, -0.2) is 0 Å². The van der Waals surface area contributed by atoms with Crippen LogP contribution in [-0.2, 0) is 4.74 Å². The molecule has 0 aromatic rings.